The summed E-state index contributed by atoms with van der Waals surface area (Å²) in [5.41, 5.74) is 2.43. The molecule has 0 aromatic carbocycles. The van der Waals surface area contributed by atoms with Gasteiger partial charge in [0.1, 0.15) is 6.54 Å². The van der Waals surface area contributed by atoms with E-state index in [9.17, 15) is 9.59 Å². The van der Waals surface area contributed by atoms with Crippen molar-refractivity contribution in [1.82, 2.24) is 9.88 Å². The van der Waals surface area contributed by atoms with Gasteiger partial charge in [-0.3, -0.25) is 9.59 Å². The molecule has 0 atom stereocenters. The molecule has 1 heterocycles. The number of carbonyl (C=O) groups is 2. The molecule has 0 aliphatic heterocycles. The quantitative estimate of drug-likeness (QED) is 0.791. The van der Waals surface area contributed by atoms with Crippen LogP contribution in [-0.2, 0) is 11.3 Å². The third-order valence-corrected chi connectivity index (χ3v) is 2.75. The number of nitrogens with zero attached hydrogens (tertiary/aromatic N) is 1. The van der Waals surface area contributed by atoms with Crippen molar-refractivity contribution in [2.45, 2.75) is 34.2 Å². The molecule has 4 nitrogen and oxygen atoms in total. The molecule has 94 valence electrons. The van der Waals surface area contributed by atoms with Gasteiger partial charge in [-0.2, -0.15) is 0 Å². The Balaban J connectivity index is 2.71. The summed E-state index contributed by atoms with van der Waals surface area (Å²) in [5.74, 6) is 0.425. The molecule has 4 heteroatoms. The Morgan fingerprint density at radius 1 is 1.47 bits per heavy atom. The SMILES string of the molecule is Cc1cc(C=O)c(C)n1CC(=O)NCC(C)C. The molecule has 0 saturated carbocycles. The number of rotatable bonds is 5. The Bertz CT molecular complexity index is 419. The highest BCUT2D eigenvalue weighted by atomic mass is 16.2. The smallest absolute Gasteiger partial charge is 0.239 e. The lowest BCUT2D eigenvalue weighted by molar-refractivity contribution is -0.121. The Hall–Kier alpha value is -1.58. The highest BCUT2D eigenvalue weighted by molar-refractivity contribution is 5.79. The second-order valence-corrected chi connectivity index (χ2v) is 4.73. The maximum Gasteiger partial charge on any atom is 0.239 e. The second kappa shape index (κ2) is 5.66. The van der Waals surface area contributed by atoms with Crippen LogP contribution in [0.1, 0.15) is 35.6 Å². The van der Waals surface area contributed by atoms with Gasteiger partial charge >= 0.3 is 0 Å². The van der Waals surface area contributed by atoms with Gasteiger partial charge in [0.15, 0.2) is 6.29 Å². The van der Waals surface area contributed by atoms with Crippen molar-refractivity contribution in [3.63, 3.8) is 0 Å². The lowest BCUT2D eigenvalue weighted by Crippen LogP contribution is -2.31. The molecule has 0 saturated heterocycles. The predicted octanol–water partition coefficient (Wildman–Crippen LogP) is 1.69. The summed E-state index contributed by atoms with van der Waals surface area (Å²) in [5, 5.41) is 2.86. The lowest BCUT2D eigenvalue weighted by Gasteiger charge is -2.11. The van der Waals surface area contributed by atoms with Crippen molar-refractivity contribution in [3.05, 3.63) is 23.0 Å². The van der Waals surface area contributed by atoms with Gasteiger partial charge in [0.2, 0.25) is 5.91 Å². The molecular formula is C13H20N2O2. The van der Waals surface area contributed by atoms with E-state index in [0.717, 1.165) is 17.7 Å². The minimum absolute atomic E-state index is 0.0158. The maximum atomic E-state index is 11.7. The van der Waals surface area contributed by atoms with Gasteiger partial charge in [0.05, 0.1) is 0 Å². The molecule has 1 N–H and O–H groups in total. The zero-order chi connectivity index (χ0) is 13.0. The van der Waals surface area contributed by atoms with Gasteiger partial charge in [-0.05, 0) is 25.8 Å². The third kappa shape index (κ3) is 3.44. The van der Waals surface area contributed by atoms with E-state index in [2.05, 4.69) is 19.2 Å². The van der Waals surface area contributed by atoms with Crippen molar-refractivity contribution in [2.75, 3.05) is 6.54 Å². The highest BCUT2D eigenvalue weighted by Gasteiger charge is 2.11. The number of carbonyl (C=O) groups excluding carboxylic acids is 2. The van der Waals surface area contributed by atoms with Crippen LogP contribution >= 0.6 is 0 Å². The van der Waals surface area contributed by atoms with Crippen LogP contribution in [0.15, 0.2) is 6.07 Å². The largest absolute Gasteiger partial charge is 0.354 e. The van der Waals surface area contributed by atoms with Gasteiger partial charge in [-0.1, -0.05) is 13.8 Å². The van der Waals surface area contributed by atoms with Crippen molar-refractivity contribution in [1.29, 1.82) is 0 Å². The summed E-state index contributed by atoms with van der Waals surface area (Å²) in [7, 11) is 0. The van der Waals surface area contributed by atoms with Crippen LogP contribution in [0.5, 0.6) is 0 Å². The fourth-order valence-corrected chi connectivity index (χ4v) is 1.71. The van der Waals surface area contributed by atoms with Crippen molar-refractivity contribution >= 4 is 12.2 Å². The Morgan fingerprint density at radius 3 is 2.59 bits per heavy atom. The molecule has 0 unspecified atom stereocenters. The van der Waals surface area contributed by atoms with Crippen LogP contribution in [0.3, 0.4) is 0 Å². The minimum atomic E-state index is -0.0158. The molecule has 17 heavy (non-hydrogen) atoms. The average molecular weight is 236 g/mol. The highest BCUT2D eigenvalue weighted by Crippen LogP contribution is 2.12. The van der Waals surface area contributed by atoms with E-state index in [1.165, 1.54) is 0 Å². The van der Waals surface area contributed by atoms with Crippen molar-refractivity contribution in [2.24, 2.45) is 5.92 Å². The van der Waals surface area contributed by atoms with Crippen LogP contribution in [0.25, 0.3) is 0 Å². The number of aryl methyl sites for hydroxylation is 1. The second-order valence-electron chi connectivity index (χ2n) is 4.73. The van der Waals surface area contributed by atoms with Gasteiger partial charge in [-0.25, -0.2) is 0 Å². The first-order chi connectivity index (χ1) is 7.95. The summed E-state index contributed by atoms with van der Waals surface area (Å²) in [6.07, 6.45) is 0.824. The number of hydrogen-bond donors (Lipinski definition) is 1. The lowest BCUT2D eigenvalue weighted by atomic mass is 10.2. The molecule has 0 aliphatic rings. The molecule has 1 amide bonds. The van der Waals surface area contributed by atoms with Gasteiger partial charge in [0.25, 0.3) is 0 Å². The number of hydrogen-bond acceptors (Lipinski definition) is 2. The van der Waals surface area contributed by atoms with Crippen LogP contribution in [-0.4, -0.2) is 23.3 Å². The first-order valence-electron chi connectivity index (χ1n) is 5.84. The third-order valence-electron chi connectivity index (χ3n) is 2.75. The van der Waals surface area contributed by atoms with E-state index >= 15 is 0 Å². The molecule has 1 aromatic rings. The van der Waals surface area contributed by atoms with Gasteiger partial charge in [-0.15, -0.1) is 0 Å². The molecule has 0 aliphatic carbocycles. The van der Waals surface area contributed by atoms with E-state index in [1.54, 1.807) is 6.07 Å². The van der Waals surface area contributed by atoms with E-state index in [1.807, 2.05) is 18.4 Å². The topological polar surface area (TPSA) is 51.1 Å². The van der Waals surface area contributed by atoms with Crippen molar-refractivity contribution < 1.29 is 9.59 Å². The number of aromatic nitrogens is 1. The normalized spacial score (nSPS) is 10.6. The molecule has 1 rings (SSSR count). The zero-order valence-corrected chi connectivity index (χ0v) is 10.9. The summed E-state index contributed by atoms with van der Waals surface area (Å²) >= 11 is 0. The molecular weight excluding hydrogens is 216 g/mol. The number of amides is 1. The first kappa shape index (κ1) is 13.5. The van der Waals surface area contributed by atoms with Gasteiger partial charge in [0, 0.05) is 23.5 Å². The van der Waals surface area contributed by atoms with Crippen LogP contribution < -0.4 is 5.32 Å². The summed E-state index contributed by atoms with van der Waals surface area (Å²) in [6, 6.07) is 1.80. The molecule has 0 bridgehead atoms. The van der Waals surface area contributed by atoms with Crippen LogP contribution in [0, 0.1) is 19.8 Å². The van der Waals surface area contributed by atoms with E-state index < -0.39 is 0 Å². The van der Waals surface area contributed by atoms with E-state index in [-0.39, 0.29) is 12.5 Å². The average Bonchev–Trinajstić information content (AvgIpc) is 2.53. The summed E-state index contributed by atoms with van der Waals surface area (Å²) < 4.78 is 1.86. The first-order valence-corrected chi connectivity index (χ1v) is 5.84. The Morgan fingerprint density at radius 2 is 2.12 bits per heavy atom. The summed E-state index contributed by atoms with van der Waals surface area (Å²) in [4.78, 5) is 22.5. The molecule has 1 aromatic heterocycles. The minimum Gasteiger partial charge on any atom is -0.354 e. The number of nitrogens with one attached hydrogen (secondary N) is 1. The van der Waals surface area contributed by atoms with E-state index in [0.29, 0.717) is 18.0 Å². The fraction of sp³-hybridized carbons (Fsp3) is 0.538. The van der Waals surface area contributed by atoms with Gasteiger partial charge < -0.3 is 9.88 Å². The van der Waals surface area contributed by atoms with Crippen LogP contribution in [0.2, 0.25) is 0 Å². The van der Waals surface area contributed by atoms with E-state index in [4.69, 9.17) is 0 Å². The standard InChI is InChI=1S/C13H20N2O2/c1-9(2)6-14-13(17)7-15-10(3)5-12(8-16)11(15)4/h5,8-9H,6-7H2,1-4H3,(H,14,17). The number of aldehydes is 1. The van der Waals surface area contributed by atoms with Crippen LogP contribution in [0.4, 0.5) is 0 Å². The Labute approximate surface area is 102 Å². The monoisotopic (exact) mass is 236 g/mol. The maximum absolute atomic E-state index is 11.7. The molecule has 0 spiro atoms. The molecule has 0 fully saturated rings. The van der Waals surface area contributed by atoms with Crippen molar-refractivity contribution in [3.8, 4) is 0 Å². The predicted molar refractivity (Wildman–Crippen MR) is 67.1 cm³/mol. The zero-order valence-electron chi connectivity index (χ0n) is 10.9. The fourth-order valence-electron chi connectivity index (χ4n) is 1.71. The molecule has 0 radical (unpaired) electrons. The Kier molecular flexibility index (Phi) is 4.49. The summed E-state index contributed by atoms with van der Waals surface area (Å²) in [6.45, 7) is 8.81.